The van der Waals surface area contributed by atoms with E-state index in [4.69, 9.17) is 14.2 Å². The van der Waals surface area contributed by atoms with Crippen LogP contribution in [0.25, 0.3) is 0 Å². The second kappa shape index (κ2) is 7.32. The van der Waals surface area contributed by atoms with E-state index < -0.39 is 5.60 Å². The van der Waals surface area contributed by atoms with Crippen molar-refractivity contribution in [1.29, 1.82) is 0 Å². The van der Waals surface area contributed by atoms with Crippen LogP contribution in [0.1, 0.15) is 50.3 Å². The summed E-state index contributed by atoms with van der Waals surface area (Å²) in [6.45, 7) is 7.72. The number of ketones is 1. The Morgan fingerprint density at radius 1 is 1.18 bits per heavy atom. The maximum absolute atomic E-state index is 13.0. The van der Waals surface area contributed by atoms with E-state index in [1.807, 2.05) is 18.2 Å². The number of hydrogen-bond donors (Lipinski definition) is 0. The van der Waals surface area contributed by atoms with Gasteiger partial charge in [-0.15, -0.1) is 0 Å². The Kier molecular flexibility index (Phi) is 4.76. The van der Waals surface area contributed by atoms with Crippen LogP contribution in [0.3, 0.4) is 0 Å². The average Bonchev–Trinajstić information content (AvgIpc) is 3.19. The number of benzene rings is 2. The van der Waals surface area contributed by atoms with Crippen molar-refractivity contribution in [2.75, 3.05) is 20.7 Å². The van der Waals surface area contributed by atoms with Crippen molar-refractivity contribution < 1.29 is 19.0 Å². The van der Waals surface area contributed by atoms with Crippen molar-refractivity contribution in [3.63, 3.8) is 0 Å². The topological polar surface area (TPSA) is 48.0 Å². The number of likely N-dealkylation sites (N-methyl/N-ethyl adjacent to an activating group) is 1. The van der Waals surface area contributed by atoms with E-state index in [0.29, 0.717) is 12.6 Å². The van der Waals surface area contributed by atoms with Crippen molar-refractivity contribution in [2.45, 2.75) is 69.8 Å². The fraction of sp³-hybridized carbons (Fsp3) is 0.552. The Labute approximate surface area is 202 Å². The summed E-state index contributed by atoms with van der Waals surface area (Å²) in [5, 5.41) is 0. The second-order valence-corrected chi connectivity index (χ2v) is 11.3. The summed E-state index contributed by atoms with van der Waals surface area (Å²) >= 11 is 0. The first kappa shape index (κ1) is 22.1. The predicted octanol–water partition coefficient (Wildman–Crippen LogP) is 4.54. The summed E-state index contributed by atoms with van der Waals surface area (Å²) in [6.07, 6.45) is 2.55. The molecule has 2 aliphatic carbocycles. The highest BCUT2D eigenvalue weighted by Crippen LogP contribution is 2.71. The summed E-state index contributed by atoms with van der Waals surface area (Å²) in [4.78, 5) is 15.5. The Morgan fingerprint density at radius 2 is 1.94 bits per heavy atom. The molecule has 34 heavy (non-hydrogen) atoms. The molecule has 6 atom stereocenters. The number of piperidine rings is 1. The first-order valence-electron chi connectivity index (χ1n) is 12.5. The zero-order valence-electron chi connectivity index (χ0n) is 20.9. The molecule has 0 amide bonds. The number of nitrogens with zero attached hydrogens (tertiary/aromatic N) is 1. The minimum absolute atomic E-state index is 0.0879. The van der Waals surface area contributed by atoms with Crippen LogP contribution in [0.4, 0.5) is 0 Å². The van der Waals surface area contributed by atoms with Crippen molar-refractivity contribution in [1.82, 2.24) is 4.90 Å². The van der Waals surface area contributed by atoms with Crippen LogP contribution in [0.2, 0.25) is 0 Å². The van der Waals surface area contributed by atoms with Gasteiger partial charge in [-0.3, -0.25) is 4.79 Å². The number of carbonyl (C=O) groups excluding carboxylic acids is 1. The molecular weight excluding hydrogens is 426 g/mol. The minimum Gasteiger partial charge on any atom is -0.485 e. The molecule has 0 N–H and O–H groups in total. The Balaban J connectivity index is 1.53. The van der Waals surface area contributed by atoms with E-state index >= 15 is 0 Å². The molecule has 2 fully saturated rings. The number of carbonyl (C=O) groups is 1. The number of Topliss-reactive ketones (excluding diaryl/α,β-unsaturated/α-hetero) is 1. The van der Waals surface area contributed by atoms with Crippen LogP contribution in [-0.2, 0) is 28.0 Å². The van der Waals surface area contributed by atoms with Crippen LogP contribution >= 0.6 is 0 Å². The fourth-order valence-corrected chi connectivity index (χ4v) is 8.12. The van der Waals surface area contributed by atoms with Gasteiger partial charge in [0.25, 0.3) is 0 Å². The molecule has 0 unspecified atom stereocenters. The largest absolute Gasteiger partial charge is 0.485 e. The molecule has 2 heterocycles. The molecule has 1 saturated carbocycles. The first-order valence-corrected chi connectivity index (χ1v) is 12.5. The van der Waals surface area contributed by atoms with Gasteiger partial charge in [-0.25, -0.2) is 0 Å². The maximum atomic E-state index is 13.0. The van der Waals surface area contributed by atoms with Gasteiger partial charge < -0.3 is 19.1 Å². The van der Waals surface area contributed by atoms with Gasteiger partial charge in [-0.05, 0) is 69.3 Å². The minimum atomic E-state index is -0.698. The molecule has 0 radical (unpaired) electrons. The molecule has 2 bridgehead atoms. The molecule has 6 rings (SSSR count). The lowest BCUT2D eigenvalue weighted by Crippen LogP contribution is -2.76. The maximum Gasteiger partial charge on any atom is 0.166 e. The van der Waals surface area contributed by atoms with Gasteiger partial charge in [0.1, 0.15) is 24.1 Å². The van der Waals surface area contributed by atoms with Crippen molar-refractivity contribution in [3.8, 4) is 11.5 Å². The van der Waals surface area contributed by atoms with Gasteiger partial charge >= 0.3 is 0 Å². The zero-order valence-corrected chi connectivity index (χ0v) is 20.9. The molecule has 180 valence electrons. The average molecular weight is 462 g/mol. The van der Waals surface area contributed by atoms with E-state index in [-0.39, 0.29) is 28.6 Å². The molecule has 5 heteroatoms. The van der Waals surface area contributed by atoms with Gasteiger partial charge in [0.2, 0.25) is 0 Å². The number of hydrogen-bond acceptors (Lipinski definition) is 5. The van der Waals surface area contributed by atoms with Crippen LogP contribution in [0, 0.1) is 11.3 Å². The number of methoxy groups -OCH3 is 1. The number of rotatable bonds is 5. The quantitative estimate of drug-likeness (QED) is 0.654. The number of likely N-dealkylation sites (tertiary alicyclic amines) is 1. The standard InChI is InChI=1S/C29H35NO4/c1-18(31)21-16-27(2)23-15-20-11-12-22(33-17-19-9-7-6-8-10-19)25-24(20)29(27,13-14-30(23)4)26(34-25)28(21,3)32-5/h6-12,21,23,26H,13-17H2,1-5H3/t21-,23-,26+,27-,28-,29+/m1/s1. The van der Waals surface area contributed by atoms with Crippen LogP contribution < -0.4 is 9.47 Å². The summed E-state index contributed by atoms with van der Waals surface area (Å²) in [5.41, 5.74) is 2.82. The SMILES string of the molecule is CO[C@]1(C)[C@@H](C(C)=O)C[C@]2(C)[C@H]3Cc4ccc(OCc5ccccc5)c5c4[C@@]2(CCN3C)[C@H]1O5. The van der Waals surface area contributed by atoms with E-state index in [9.17, 15) is 4.79 Å². The summed E-state index contributed by atoms with van der Waals surface area (Å²) in [5.74, 6) is 1.65. The molecule has 2 aromatic carbocycles. The lowest BCUT2D eigenvalue weighted by molar-refractivity contribution is -0.220. The molecule has 5 nitrogen and oxygen atoms in total. The van der Waals surface area contributed by atoms with Crippen LogP contribution in [-0.4, -0.2) is 49.1 Å². The third-order valence-corrected chi connectivity index (χ3v) is 9.90. The van der Waals surface area contributed by atoms with E-state index in [0.717, 1.165) is 42.9 Å². The predicted molar refractivity (Wildman–Crippen MR) is 130 cm³/mol. The zero-order chi connectivity index (χ0) is 23.9. The molecule has 4 aliphatic rings. The molecule has 0 aromatic heterocycles. The van der Waals surface area contributed by atoms with Gasteiger partial charge in [-0.1, -0.05) is 43.3 Å². The normalized spacial score (nSPS) is 37.6. The highest BCUT2D eigenvalue weighted by molar-refractivity contribution is 5.81. The smallest absolute Gasteiger partial charge is 0.166 e. The lowest BCUT2D eigenvalue weighted by Gasteiger charge is -2.68. The molecular formula is C29H35NO4. The molecule has 1 spiro atoms. The first-order chi connectivity index (χ1) is 16.3. The Morgan fingerprint density at radius 3 is 2.65 bits per heavy atom. The van der Waals surface area contributed by atoms with Gasteiger partial charge in [-0.2, -0.15) is 0 Å². The van der Waals surface area contributed by atoms with Gasteiger partial charge in [0, 0.05) is 24.1 Å². The monoisotopic (exact) mass is 461 g/mol. The molecule has 2 aliphatic heterocycles. The summed E-state index contributed by atoms with van der Waals surface area (Å²) in [6, 6.07) is 14.9. The Bertz CT molecular complexity index is 1150. The van der Waals surface area contributed by atoms with Crippen LogP contribution in [0.5, 0.6) is 11.5 Å². The van der Waals surface area contributed by atoms with Crippen LogP contribution in [0.15, 0.2) is 42.5 Å². The second-order valence-electron chi connectivity index (χ2n) is 11.3. The highest BCUT2D eigenvalue weighted by Gasteiger charge is 2.76. The van der Waals surface area contributed by atoms with E-state index in [2.05, 4.69) is 50.1 Å². The third-order valence-electron chi connectivity index (χ3n) is 9.90. The van der Waals surface area contributed by atoms with Gasteiger partial charge in [0.05, 0.1) is 5.92 Å². The fourth-order valence-electron chi connectivity index (χ4n) is 8.12. The van der Waals surface area contributed by atoms with E-state index in [1.165, 1.54) is 11.1 Å². The van der Waals surface area contributed by atoms with Crippen molar-refractivity contribution in [2.24, 2.45) is 11.3 Å². The summed E-state index contributed by atoms with van der Waals surface area (Å²) < 4.78 is 19.6. The van der Waals surface area contributed by atoms with E-state index in [1.54, 1.807) is 14.0 Å². The Hall–Kier alpha value is -2.37. The van der Waals surface area contributed by atoms with Gasteiger partial charge in [0.15, 0.2) is 11.5 Å². The summed E-state index contributed by atoms with van der Waals surface area (Å²) in [7, 11) is 3.98. The lowest BCUT2D eigenvalue weighted by atomic mass is 9.40. The highest BCUT2D eigenvalue weighted by atomic mass is 16.6. The number of ether oxygens (including phenoxy) is 3. The third kappa shape index (κ3) is 2.60. The molecule has 1 saturated heterocycles. The van der Waals surface area contributed by atoms with Crippen molar-refractivity contribution >= 4 is 5.78 Å². The van der Waals surface area contributed by atoms with Crippen molar-refractivity contribution in [3.05, 3.63) is 59.2 Å². The molecule has 2 aromatic rings.